The van der Waals surface area contributed by atoms with Crippen LogP contribution in [0.2, 0.25) is 0 Å². The minimum absolute atomic E-state index is 0.0483. The molecule has 0 aromatic heterocycles. The first-order valence-corrected chi connectivity index (χ1v) is 12.3. The molecular formula is C27H31N3O3S. The molecule has 2 unspecified atom stereocenters. The maximum Gasteiger partial charge on any atom is 0.253 e. The fraction of sp³-hybridized carbons (Fsp3) is 0.370. The van der Waals surface area contributed by atoms with Gasteiger partial charge in [0.15, 0.2) is 6.04 Å². The van der Waals surface area contributed by atoms with Crippen LogP contribution in [0.1, 0.15) is 49.7 Å². The highest BCUT2D eigenvalue weighted by Crippen LogP contribution is 2.27. The molecule has 1 aliphatic carbocycles. The number of rotatable bonds is 7. The molecule has 1 saturated heterocycles. The van der Waals surface area contributed by atoms with Gasteiger partial charge in [0.05, 0.1) is 0 Å². The van der Waals surface area contributed by atoms with E-state index in [9.17, 15) is 14.4 Å². The number of carbonyl (C=O) groups is 3. The van der Waals surface area contributed by atoms with Gasteiger partial charge in [-0.15, -0.1) is 12.6 Å². The van der Waals surface area contributed by atoms with Gasteiger partial charge in [-0.1, -0.05) is 74.4 Å². The molecule has 2 fully saturated rings. The average molecular weight is 478 g/mol. The summed E-state index contributed by atoms with van der Waals surface area (Å²) in [5, 5.41) is 5.82. The molecular weight excluding hydrogens is 446 g/mol. The Bertz CT molecular complexity index is 1070. The molecule has 178 valence electrons. The molecule has 2 aliphatic rings. The lowest BCUT2D eigenvalue weighted by Crippen LogP contribution is -2.67. The molecule has 2 aromatic carbocycles. The van der Waals surface area contributed by atoms with E-state index in [4.69, 9.17) is 0 Å². The van der Waals surface area contributed by atoms with Gasteiger partial charge in [0.2, 0.25) is 5.91 Å². The van der Waals surface area contributed by atoms with Crippen molar-refractivity contribution in [3.05, 3.63) is 72.3 Å². The maximum atomic E-state index is 13.6. The molecule has 2 N–H and O–H groups in total. The van der Waals surface area contributed by atoms with Crippen molar-refractivity contribution in [2.24, 2.45) is 0 Å². The third kappa shape index (κ3) is 5.53. The summed E-state index contributed by atoms with van der Waals surface area (Å²) in [7, 11) is 0. The van der Waals surface area contributed by atoms with Gasteiger partial charge in [-0.25, -0.2) is 0 Å². The smallest absolute Gasteiger partial charge is 0.253 e. The van der Waals surface area contributed by atoms with E-state index in [0.717, 1.165) is 48.1 Å². The zero-order valence-electron chi connectivity index (χ0n) is 19.2. The highest BCUT2D eigenvalue weighted by molar-refractivity contribution is 7.80. The van der Waals surface area contributed by atoms with Crippen LogP contribution < -0.4 is 10.6 Å². The standard InChI is InChI=1S/C27H31N3O3S/c1-18(21-14-8-9-15-23(21)34)16-22-27(33)30(17-19-10-4-2-5-11-19)24(26(32)29-22)25(31)28-20-12-6-3-7-13-20/h2,4-5,8-11,14-15,20,22,24,34H,1,3,6-7,12-13,16-17H2,(H,28,31)(H,29,32). The first-order valence-electron chi connectivity index (χ1n) is 11.9. The van der Waals surface area contributed by atoms with Crippen molar-refractivity contribution in [1.82, 2.24) is 15.5 Å². The van der Waals surface area contributed by atoms with Crippen molar-refractivity contribution in [1.29, 1.82) is 0 Å². The van der Waals surface area contributed by atoms with Gasteiger partial charge in [-0.05, 0) is 35.6 Å². The number of piperazine rings is 1. The van der Waals surface area contributed by atoms with Crippen molar-refractivity contribution in [2.45, 2.75) is 68.1 Å². The van der Waals surface area contributed by atoms with Gasteiger partial charge < -0.3 is 15.5 Å². The highest BCUT2D eigenvalue weighted by atomic mass is 32.1. The van der Waals surface area contributed by atoms with Crippen molar-refractivity contribution in [2.75, 3.05) is 0 Å². The second-order valence-corrected chi connectivity index (χ2v) is 9.57. The van der Waals surface area contributed by atoms with Crippen LogP contribution in [-0.4, -0.2) is 40.7 Å². The second kappa shape index (κ2) is 10.9. The van der Waals surface area contributed by atoms with E-state index in [1.54, 1.807) is 0 Å². The third-order valence-corrected chi connectivity index (χ3v) is 6.98. The van der Waals surface area contributed by atoms with Gasteiger partial charge in [0.1, 0.15) is 6.04 Å². The van der Waals surface area contributed by atoms with E-state index in [-0.39, 0.29) is 24.9 Å². The zero-order valence-corrected chi connectivity index (χ0v) is 20.1. The Morgan fingerprint density at radius 3 is 2.41 bits per heavy atom. The number of amides is 3. The molecule has 4 rings (SSSR count). The monoisotopic (exact) mass is 477 g/mol. The lowest BCUT2D eigenvalue weighted by Gasteiger charge is -2.39. The summed E-state index contributed by atoms with van der Waals surface area (Å²) in [5.74, 6) is -1.16. The molecule has 1 aliphatic heterocycles. The summed E-state index contributed by atoms with van der Waals surface area (Å²) in [6.45, 7) is 4.31. The predicted octanol–water partition coefficient (Wildman–Crippen LogP) is 3.72. The van der Waals surface area contributed by atoms with Crippen molar-refractivity contribution in [3.8, 4) is 0 Å². The zero-order chi connectivity index (χ0) is 24.1. The summed E-state index contributed by atoms with van der Waals surface area (Å²) in [5.41, 5.74) is 2.40. The Hall–Kier alpha value is -3.06. The van der Waals surface area contributed by atoms with Gasteiger partial charge in [0, 0.05) is 23.9 Å². The van der Waals surface area contributed by atoms with Crippen LogP contribution in [-0.2, 0) is 20.9 Å². The van der Waals surface area contributed by atoms with E-state index >= 15 is 0 Å². The Morgan fingerprint density at radius 2 is 1.71 bits per heavy atom. The summed E-state index contributed by atoms with van der Waals surface area (Å²) in [4.78, 5) is 42.2. The molecule has 1 heterocycles. The summed E-state index contributed by atoms with van der Waals surface area (Å²) in [6, 6.07) is 15.0. The van der Waals surface area contributed by atoms with Crippen molar-refractivity contribution < 1.29 is 14.4 Å². The lowest BCUT2D eigenvalue weighted by molar-refractivity contribution is -0.155. The van der Waals surface area contributed by atoms with E-state index in [1.807, 2.05) is 54.6 Å². The molecule has 0 radical (unpaired) electrons. The molecule has 0 bridgehead atoms. The minimum atomic E-state index is -1.20. The van der Waals surface area contributed by atoms with Gasteiger partial charge in [-0.3, -0.25) is 14.4 Å². The highest BCUT2D eigenvalue weighted by Gasteiger charge is 2.45. The normalized spacial score (nSPS) is 21.1. The second-order valence-electron chi connectivity index (χ2n) is 9.08. The molecule has 6 nitrogen and oxygen atoms in total. The predicted molar refractivity (Wildman–Crippen MR) is 135 cm³/mol. The Kier molecular flexibility index (Phi) is 7.73. The van der Waals surface area contributed by atoms with E-state index in [0.29, 0.717) is 5.57 Å². The van der Waals surface area contributed by atoms with Crippen LogP contribution in [0.3, 0.4) is 0 Å². The number of hydrogen-bond donors (Lipinski definition) is 3. The summed E-state index contributed by atoms with van der Waals surface area (Å²) in [6.07, 6.45) is 5.33. The van der Waals surface area contributed by atoms with Crippen LogP contribution in [0.4, 0.5) is 0 Å². The summed E-state index contributed by atoms with van der Waals surface area (Å²) < 4.78 is 0. The van der Waals surface area contributed by atoms with Gasteiger partial charge in [-0.2, -0.15) is 0 Å². The largest absolute Gasteiger partial charge is 0.351 e. The Balaban J connectivity index is 1.55. The van der Waals surface area contributed by atoms with Gasteiger partial charge in [0.25, 0.3) is 11.8 Å². The van der Waals surface area contributed by atoms with E-state index in [1.165, 1.54) is 4.90 Å². The topological polar surface area (TPSA) is 78.5 Å². The SMILES string of the molecule is C=C(CC1NC(=O)C(C(=O)NC2CCCCC2)N(Cc2ccccc2)C1=O)c1ccccc1S. The van der Waals surface area contributed by atoms with Gasteiger partial charge >= 0.3 is 0 Å². The average Bonchev–Trinajstić information content (AvgIpc) is 2.83. The number of hydrogen-bond acceptors (Lipinski definition) is 4. The molecule has 0 spiro atoms. The Labute approximate surface area is 206 Å². The lowest BCUT2D eigenvalue weighted by atomic mass is 9.94. The van der Waals surface area contributed by atoms with Crippen LogP contribution >= 0.6 is 12.6 Å². The molecule has 7 heteroatoms. The number of benzene rings is 2. The first-order chi connectivity index (χ1) is 16.4. The van der Waals surface area contributed by atoms with E-state index < -0.39 is 23.9 Å². The third-order valence-electron chi connectivity index (χ3n) is 6.59. The van der Waals surface area contributed by atoms with E-state index in [2.05, 4.69) is 29.8 Å². The molecule has 2 atom stereocenters. The van der Waals surface area contributed by atoms with Crippen LogP contribution in [0.25, 0.3) is 5.57 Å². The molecule has 2 aromatic rings. The first kappa shape index (κ1) is 24.1. The van der Waals surface area contributed by atoms with Crippen LogP contribution in [0.5, 0.6) is 0 Å². The van der Waals surface area contributed by atoms with Crippen molar-refractivity contribution in [3.63, 3.8) is 0 Å². The number of carbonyl (C=O) groups excluding carboxylic acids is 3. The van der Waals surface area contributed by atoms with Crippen molar-refractivity contribution >= 4 is 35.9 Å². The Morgan fingerprint density at radius 1 is 1.03 bits per heavy atom. The minimum Gasteiger partial charge on any atom is -0.351 e. The fourth-order valence-corrected chi connectivity index (χ4v) is 5.10. The molecule has 34 heavy (non-hydrogen) atoms. The number of thiol groups is 1. The van der Waals surface area contributed by atoms with Crippen LogP contribution in [0.15, 0.2) is 66.1 Å². The quantitative estimate of drug-likeness (QED) is 0.420. The molecule has 3 amide bonds. The molecule has 1 saturated carbocycles. The van der Waals surface area contributed by atoms with Crippen LogP contribution in [0, 0.1) is 0 Å². The number of nitrogens with zero attached hydrogens (tertiary/aromatic N) is 1. The maximum absolute atomic E-state index is 13.6. The fourth-order valence-electron chi connectivity index (χ4n) is 4.79. The summed E-state index contributed by atoms with van der Waals surface area (Å²) >= 11 is 4.49. The number of nitrogens with one attached hydrogen (secondary N) is 2.